The lowest BCUT2D eigenvalue weighted by molar-refractivity contribution is -0.105. The van der Waals surface area contributed by atoms with Gasteiger partial charge in [-0.15, -0.1) is 0 Å². The molecule has 4 N–H and O–H groups in total. The zero-order chi connectivity index (χ0) is 15.1. The van der Waals surface area contributed by atoms with Crippen LogP contribution >= 0.6 is 0 Å². The van der Waals surface area contributed by atoms with E-state index in [0.29, 0.717) is 17.8 Å². The van der Waals surface area contributed by atoms with Crippen LogP contribution in [0.5, 0.6) is 0 Å². The third kappa shape index (κ3) is 10.8. The van der Waals surface area contributed by atoms with Crippen molar-refractivity contribution in [3.63, 3.8) is 0 Å². The van der Waals surface area contributed by atoms with E-state index in [1.807, 2.05) is 27.9 Å². The number of rotatable bonds is 3. The van der Waals surface area contributed by atoms with Gasteiger partial charge in [-0.3, -0.25) is 4.79 Å². The second-order valence-electron chi connectivity index (χ2n) is 3.04. The van der Waals surface area contributed by atoms with Gasteiger partial charge in [-0.05, 0) is 38.4 Å². The molecule has 0 unspecified atom stereocenters. The summed E-state index contributed by atoms with van der Waals surface area (Å²) in [5, 5.41) is 10.3. The summed E-state index contributed by atoms with van der Waals surface area (Å²) < 4.78 is 0. The lowest BCUT2D eigenvalue weighted by Crippen LogP contribution is -2.24. The zero-order valence-electron chi connectivity index (χ0n) is 12.2. The van der Waals surface area contributed by atoms with Gasteiger partial charge >= 0.3 is 6.03 Å². The number of carbonyl (C=O) groups is 2. The fourth-order valence-corrected chi connectivity index (χ4v) is 0.911. The Hall–Kier alpha value is -2.08. The SMILES string of the molecule is CC.CNC.CNC(=O)Nc1ccc(NC=O)cc1. The smallest absolute Gasteiger partial charge is 0.318 e. The summed E-state index contributed by atoms with van der Waals surface area (Å²) in [6.07, 6.45) is 0.598. The zero-order valence-corrected chi connectivity index (χ0v) is 12.2. The molecule has 1 aromatic rings. The number of urea groups is 1. The van der Waals surface area contributed by atoms with Crippen LogP contribution in [0.25, 0.3) is 0 Å². The molecule has 0 fully saturated rings. The van der Waals surface area contributed by atoms with E-state index in [1.165, 1.54) is 7.05 Å². The summed E-state index contributed by atoms with van der Waals surface area (Å²) in [5.41, 5.74) is 1.35. The molecule has 6 heteroatoms. The molecular weight excluding hydrogens is 244 g/mol. The molecule has 0 aliphatic carbocycles. The van der Waals surface area contributed by atoms with Crippen molar-refractivity contribution in [1.82, 2.24) is 10.6 Å². The van der Waals surface area contributed by atoms with Crippen molar-refractivity contribution in [3.05, 3.63) is 24.3 Å². The van der Waals surface area contributed by atoms with Crippen LogP contribution in [0, 0.1) is 0 Å². The third-order valence-electron chi connectivity index (χ3n) is 1.60. The minimum atomic E-state index is -0.277. The van der Waals surface area contributed by atoms with Gasteiger partial charge in [0.1, 0.15) is 0 Å². The molecule has 0 aromatic heterocycles. The maximum atomic E-state index is 10.9. The van der Waals surface area contributed by atoms with Crippen LogP contribution in [-0.4, -0.2) is 33.6 Å². The van der Waals surface area contributed by atoms with Crippen LogP contribution < -0.4 is 21.3 Å². The molecule has 0 aliphatic rings. The van der Waals surface area contributed by atoms with Crippen LogP contribution in [0.2, 0.25) is 0 Å². The molecule has 108 valence electrons. The van der Waals surface area contributed by atoms with Crippen LogP contribution in [0.15, 0.2) is 24.3 Å². The fourth-order valence-electron chi connectivity index (χ4n) is 0.911. The molecule has 0 bridgehead atoms. The fraction of sp³-hybridized carbons (Fsp3) is 0.385. The van der Waals surface area contributed by atoms with E-state index >= 15 is 0 Å². The molecule has 19 heavy (non-hydrogen) atoms. The topological polar surface area (TPSA) is 82.3 Å². The highest BCUT2D eigenvalue weighted by atomic mass is 16.2. The number of hydrogen-bond acceptors (Lipinski definition) is 3. The van der Waals surface area contributed by atoms with Gasteiger partial charge in [-0.1, -0.05) is 13.8 Å². The van der Waals surface area contributed by atoms with Crippen molar-refractivity contribution >= 4 is 23.8 Å². The Morgan fingerprint density at radius 2 is 1.42 bits per heavy atom. The van der Waals surface area contributed by atoms with Crippen molar-refractivity contribution in [2.45, 2.75) is 13.8 Å². The van der Waals surface area contributed by atoms with E-state index in [4.69, 9.17) is 0 Å². The molecule has 0 spiro atoms. The van der Waals surface area contributed by atoms with Gasteiger partial charge in [-0.25, -0.2) is 4.79 Å². The summed E-state index contributed by atoms with van der Waals surface area (Å²) in [4.78, 5) is 21.0. The number of carbonyl (C=O) groups excluding carboxylic acids is 2. The largest absolute Gasteiger partial charge is 0.341 e. The van der Waals surface area contributed by atoms with Gasteiger partial charge in [0, 0.05) is 18.4 Å². The third-order valence-corrected chi connectivity index (χ3v) is 1.60. The molecule has 3 amide bonds. The van der Waals surface area contributed by atoms with E-state index in [1.54, 1.807) is 24.3 Å². The Labute approximate surface area is 115 Å². The summed E-state index contributed by atoms with van der Waals surface area (Å²) in [6, 6.07) is 6.50. The second kappa shape index (κ2) is 14.0. The maximum Gasteiger partial charge on any atom is 0.318 e. The van der Waals surface area contributed by atoms with Gasteiger partial charge < -0.3 is 21.3 Å². The molecule has 1 aromatic carbocycles. The molecule has 0 saturated heterocycles. The van der Waals surface area contributed by atoms with Crippen LogP contribution in [0.4, 0.5) is 16.2 Å². The number of nitrogens with one attached hydrogen (secondary N) is 4. The standard InChI is InChI=1S/C9H11N3O2.C2H7N.C2H6/c1-10-9(14)12-8-4-2-7(3-5-8)11-6-13;1-3-2;1-2/h2-6H,1H3,(H,11,13)(H2,10,12,14);3H,1-2H3;1-2H3. The molecule has 0 saturated carbocycles. The Morgan fingerprint density at radius 1 is 1.00 bits per heavy atom. The molecule has 0 heterocycles. The summed E-state index contributed by atoms with van der Waals surface area (Å²) >= 11 is 0. The predicted octanol–water partition coefficient (Wildman–Crippen LogP) is 1.87. The van der Waals surface area contributed by atoms with Gasteiger partial charge in [-0.2, -0.15) is 0 Å². The van der Waals surface area contributed by atoms with Crippen LogP contribution in [0.3, 0.4) is 0 Å². The highest BCUT2D eigenvalue weighted by Crippen LogP contribution is 2.12. The first-order valence-electron chi connectivity index (χ1n) is 6.05. The summed E-state index contributed by atoms with van der Waals surface area (Å²) in [6.45, 7) is 4.00. The molecule has 6 nitrogen and oxygen atoms in total. The van der Waals surface area contributed by atoms with Crippen molar-refractivity contribution < 1.29 is 9.59 Å². The average molecular weight is 268 g/mol. The molecular formula is C13H24N4O2. The first-order valence-corrected chi connectivity index (χ1v) is 6.05. The molecule has 0 atom stereocenters. The lowest BCUT2D eigenvalue weighted by atomic mass is 10.3. The van der Waals surface area contributed by atoms with E-state index < -0.39 is 0 Å². The Morgan fingerprint density at radius 3 is 1.79 bits per heavy atom. The van der Waals surface area contributed by atoms with Gasteiger partial charge in [0.15, 0.2) is 0 Å². The van der Waals surface area contributed by atoms with Gasteiger partial charge in [0.2, 0.25) is 6.41 Å². The maximum absolute atomic E-state index is 10.9. The lowest BCUT2D eigenvalue weighted by Gasteiger charge is -2.04. The minimum absolute atomic E-state index is 0.277. The average Bonchev–Trinajstić information content (AvgIpc) is 2.44. The second-order valence-corrected chi connectivity index (χ2v) is 3.04. The molecule has 0 radical (unpaired) electrons. The van der Waals surface area contributed by atoms with Gasteiger partial charge in [0.05, 0.1) is 0 Å². The van der Waals surface area contributed by atoms with E-state index in [2.05, 4.69) is 21.3 Å². The van der Waals surface area contributed by atoms with Crippen molar-refractivity contribution in [3.8, 4) is 0 Å². The first-order chi connectivity index (χ1) is 9.17. The Kier molecular flexibility index (Phi) is 14.2. The van der Waals surface area contributed by atoms with E-state index in [0.717, 1.165) is 0 Å². The highest BCUT2D eigenvalue weighted by molar-refractivity contribution is 5.89. The van der Waals surface area contributed by atoms with Crippen molar-refractivity contribution in [2.75, 3.05) is 31.8 Å². The van der Waals surface area contributed by atoms with E-state index in [-0.39, 0.29) is 6.03 Å². The van der Waals surface area contributed by atoms with Crippen molar-refractivity contribution in [2.24, 2.45) is 0 Å². The van der Waals surface area contributed by atoms with Crippen LogP contribution in [0.1, 0.15) is 13.8 Å². The number of amides is 3. The molecule has 1 rings (SSSR count). The number of hydrogen-bond donors (Lipinski definition) is 4. The highest BCUT2D eigenvalue weighted by Gasteiger charge is 1.97. The van der Waals surface area contributed by atoms with Crippen LogP contribution in [-0.2, 0) is 4.79 Å². The normalized spacial score (nSPS) is 7.84. The minimum Gasteiger partial charge on any atom is -0.341 e. The monoisotopic (exact) mass is 268 g/mol. The predicted molar refractivity (Wildman–Crippen MR) is 80.5 cm³/mol. The van der Waals surface area contributed by atoms with E-state index in [9.17, 15) is 9.59 Å². The Balaban J connectivity index is 0. The Bertz CT molecular complexity index is 339. The summed E-state index contributed by atoms with van der Waals surface area (Å²) in [7, 11) is 5.29. The van der Waals surface area contributed by atoms with Crippen molar-refractivity contribution in [1.29, 1.82) is 0 Å². The number of benzene rings is 1. The first kappa shape index (κ1) is 19.3. The summed E-state index contributed by atoms with van der Waals surface area (Å²) in [5.74, 6) is 0. The number of anilines is 2. The molecule has 0 aliphatic heterocycles. The van der Waals surface area contributed by atoms with Gasteiger partial charge in [0.25, 0.3) is 0 Å². The quantitative estimate of drug-likeness (QED) is 0.632.